The molecule has 1 aliphatic heterocycles. The predicted molar refractivity (Wildman–Crippen MR) is 50.6 cm³/mol. The number of hydrogen-bond acceptors (Lipinski definition) is 3. The van der Waals surface area contributed by atoms with Crippen molar-refractivity contribution < 1.29 is 14.6 Å². The Morgan fingerprint density at radius 3 is 2.54 bits per heavy atom. The summed E-state index contributed by atoms with van der Waals surface area (Å²) in [6.45, 7) is 3.60. The second-order valence-corrected chi connectivity index (χ2v) is 3.62. The van der Waals surface area contributed by atoms with Crippen LogP contribution in [0.1, 0.15) is 26.2 Å². The Morgan fingerprint density at radius 2 is 2.08 bits per heavy atom. The molecule has 1 fully saturated rings. The summed E-state index contributed by atoms with van der Waals surface area (Å²) in [4.78, 5) is 0. The molecule has 1 aliphatic rings. The monoisotopic (exact) mass is 188 g/mol. The number of rotatable bonds is 4. The zero-order valence-electron chi connectivity index (χ0n) is 8.53. The largest absolute Gasteiger partial charge is 0.390 e. The lowest BCUT2D eigenvalue weighted by Gasteiger charge is -2.30. The minimum Gasteiger partial charge on any atom is -0.390 e. The van der Waals surface area contributed by atoms with Gasteiger partial charge in [-0.2, -0.15) is 0 Å². The molecule has 0 amide bonds. The molecule has 0 bridgehead atoms. The van der Waals surface area contributed by atoms with Gasteiger partial charge in [0.2, 0.25) is 0 Å². The van der Waals surface area contributed by atoms with Gasteiger partial charge in [0.15, 0.2) is 0 Å². The standard InChI is InChI=1S/C10H20O3/c1-3-9(12-2)10(11)8-4-6-13-7-5-8/h8-11H,3-7H2,1-2H3. The minimum absolute atomic E-state index is 0.0110. The van der Waals surface area contributed by atoms with Gasteiger partial charge in [-0.1, -0.05) is 6.92 Å². The van der Waals surface area contributed by atoms with Crippen LogP contribution in [0.15, 0.2) is 0 Å². The highest BCUT2D eigenvalue weighted by Gasteiger charge is 2.27. The zero-order valence-corrected chi connectivity index (χ0v) is 8.53. The van der Waals surface area contributed by atoms with Crippen molar-refractivity contribution in [3.8, 4) is 0 Å². The molecule has 2 atom stereocenters. The fraction of sp³-hybridized carbons (Fsp3) is 1.00. The third-order valence-corrected chi connectivity index (χ3v) is 2.83. The Balaban J connectivity index is 2.38. The molecule has 1 heterocycles. The fourth-order valence-corrected chi connectivity index (χ4v) is 1.91. The summed E-state index contributed by atoms with van der Waals surface area (Å²) in [5, 5.41) is 9.95. The second kappa shape index (κ2) is 5.58. The zero-order chi connectivity index (χ0) is 9.68. The molecular weight excluding hydrogens is 168 g/mol. The summed E-state index contributed by atoms with van der Waals surface area (Å²) < 4.78 is 10.5. The van der Waals surface area contributed by atoms with E-state index >= 15 is 0 Å². The number of aliphatic hydroxyl groups is 1. The molecule has 3 nitrogen and oxygen atoms in total. The van der Waals surface area contributed by atoms with Gasteiger partial charge >= 0.3 is 0 Å². The van der Waals surface area contributed by atoms with Crippen LogP contribution in [0.4, 0.5) is 0 Å². The van der Waals surface area contributed by atoms with Crippen molar-refractivity contribution in [3.63, 3.8) is 0 Å². The van der Waals surface area contributed by atoms with Crippen molar-refractivity contribution in [2.75, 3.05) is 20.3 Å². The first-order valence-corrected chi connectivity index (χ1v) is 5.08. The van der Waals surface area contributed by atoms with Crippen LogP contribution < -0.4 is 0 Å². The van der Waals surface area contributed by atoms with Gasteiger partial charge in [0.1, 0.15) is 0 Å². The van der Waals surface area contributed by atoms with Gasteiger partial charge in [0, 0.05) is 20.3 Å². The van der Waals surface area contributed by atoms with Crippen LogP contribution in [0.2, 0.25) is 0 Å². The Morgan fingerprint density at radius 1 is 1.46 bits per heavy atom. The lowest BCUT2D eigenvalue weighted by Crippen LogP contribution is -2.37. The molecular formula is C10H20O3. The lowest BCUT2D eigenvalue weighted by molar-refractivity contribution is -0.0695. The summed E-state index contributed by atoms with van der Waals surface area (Å²) in [7, 11) is 1.66. The fourth-order valence-electron chi connectivity index (χ4n) is 1.91. The smallest absolute Gasteiger partial charge is 0.0831 e. The Hall–Kier alpha value is -0.120. The van der Waals surface area contributed by atoms with E-state index in [1.165, 1.54) is 0 Å². The van der Waals surface area contributed by atoms with E-state index in [1.807, 2.05) is 6.92 Å². The summed E-state index contributed by atoms with van der Waals surface area (Å²) in [5.74, 6) is 0.360. The number of aliphatic hydroxyl groups excluding tert-OH is 1. The molecule has 3 heteroatoms. The maximum atomic E-state index is 9.95. The van der Waals surface area contributed by atoms with Crippen LogP contribution in [-0.2, 0) is 9.47 Å². The van der Waals surface area contributed by atoms with Crippen LogP contribution in [0, 0.1) is 5.92 Å². The number of ether oxygens (including phenoxy) is 2. The molecule has 0 aliphatic carbocycles. The molecule has 13 heavy (non-hydrogen) atoms. The van der Waals surface area contributed by atoms with Crippen molar-refractivity contribution in [1.29, 1.82) is 0 Å². The topological polar surface area (TPSA) is 38.7 Å². The Kier molecular flexibility index (Phi) is 4.70. The van der Waals surface area contributed by atoms with E-state index in [-0.39, 0.29) is 12.2 Å². The van der Waals surface area contributed by atoms with Gasteiger partial charge in [-0.15, -0.1) is 0 Å². The minimum atomic E-state index is -0.320. The molecule has 0 radical (unpaired) electrons. The highest BCUT2D eigenvalue weighted by Crippen LogP contribution is 2.22. The van der Waals surface area contributed by atoms with Crippen LogP contribution in [0.5, 0.6) is 0 Å². The Bertz CT molecular complexity index is 128. The van der Waals surface area contributed by atoms with E-state index in [1.54, 1.807) is 7.11 Å². The summed E-state index contributed by atoms with van der Waals surface area (Å²) in [6, 6.07) is 0. The van der Waals surface area contributed by atoms with Crippen LogP contribution in [0.25, 0.3) is 0 Å². The average Bonchev–Trinajstić information content (AvgIpc) is 2.21. The predicted octanol–water partition coefficient (Wildman–Crippen LogP) is 1.20. The van der Waals surface area contributed by atoms with E-state index in [9.17, 15) is 5.11 Å². The maximum absolute atomic E-state index is 9.95. The first-order valence-electron chi connectivity index (χ1n) is 5.08. The normalized spacial score (nSPS) is 24.2. The Labute approximate surface area is 80.0 Å². The van der Waals surface area contributed by atoms with Crippen molar-refractivity contribution in [1.82, 2.24) is 0 Å². The van der Waals surface area contributed by atoms with Crippen molar-refractivity contribution >= 4 is 0 Å². The van der Waals surface area contributed by atoms with Gasteiger partial charge in [0.05, 0.1) is 12.2 Å². The SMILES string of the molecule is CCC(OC)C(O)C1CCOCC1. The van der Waals surface area contributed by atoms with E-state index in [0.717, 1.165) is 32.5 Å². The van der Waals surface area contributed by atoms with E-state index in [0.29, 0.717) is 5.92 Å². The molecule has 0 spiro atoms. The van der Waals surface area contributed by atoms with Gasteiger partial charge in [-0.05, 0) is 25.2 Å². The highest BCUT2D eigenvalue weighted by molar-refractivity contribution is 4.77. The average molecular weight is 188 g/mol. The third kappa shape index (κ3) is 2.93. The quantitative estimate of drug-likeness (QED) is 0.720. The first kappa shape index (κ1) is 11.0. The van der Waals surface area contributed by atoms with Crippen LogP contribution in [0.3, 0.4) is 0 Å². The van der Waals surface area contributed by atoms with E-state index in [2.05, 4.69) is 0 Å². The number of methoxy groups -OCH3 is 1. The number of hydrogen-bond donors (Lipinski definition) is 1. The summed E-state index contributed by atoms with van der Waals surface area (Å²) >= 11 is 0. The van der Waals surface area contributed by atoms with Crippen LogP contribution in [-0.4, -0.2) is 37.6 Å². The van der Waals surface area contributed by atoms with Crippen molar-refractivity contribution in [2.24, 2.45) is 5.92 Å². The molecule has 0 aromatic rings. The molecule has 0 aromatic carbocycles. The molecule has 0 aromatic heterocycles. The molecule has 1 N–H and O–H groups in total. The second-order valence-electron chi connectivity index (χ2n) is 3.62. The van der Waals surface area contributed by atoms with E-state index in [4.69, 9.17) is 9.47 Å². The summed E-state index contributed by atoms with van der Waals surface area (Å²) in [6.07, 6.45) is 2.46. The molecule has 2 unspecified atom stereocenters. The van der Waals surface area contributed by atoms with Gasteiger partial charge in [-0.3, -0.25) is 0 Å². The maximum Gasteiger partial charge on any atom is 0.0831 e. The van der Waals surface area contributed by atoms with Gasteiger partial charge < -0.3 is 14.6 Å². The molecule has 78 valence electrons. The highest BCUT2D eigenvalue weighted by atomic mass is 16.5. The lowest BCUT2D eigenvalue weighted by atomic mass is 9.90. The third-order valence-electron chi connectivity index (χ3n) is 2.83. The molecule has 1 saturated heterocycles. The van der Waals surface area contributed by atoms with Crippen LogP contribution >= 0.6 is 0 Å². The van der Waals surface area contributed by atoms with Crippen molar-refractivity contribution in [2.45, 2.75) is 38.4 Å². The van der Waals surface area contributed by atoms with Gasteiger partial charge in [0.25, 0.3) is 0 Å². The summed E-state index contributed by atoms with van der Waals surface area (Å²) in [5.41, 5.74) is 0. The van der Waals surface area contributed by atoms with Gasteiger partial charge in [-0.25, -0.2) is 0 Å². The van der Waals surface area contributed by atoms with Crippen molar-refractivity contribution in [3.05, 3.63) is 0 Å². The first-order chi connectivity index (χ1) is 6.29. The van der Waals surface area contributed by atoms with E-state index < -0.39 is 0 Å². The molecule has 1 rings (SSSR count). The molecule has 0 saturated carbocycles.